The van der Waals surface area contributed by atoms with Crippen LogP contribution in [0, 0.1) is 0 Å². The molecule has 2 aromatic rings. The Hall–Kier alpha value is -1.98. The van der Waals surface area contributed by atoms with E-state index in [2.05, 4.69) is 4.98 Å². The molecular formula is C12H11F3N2O. The molecule has 0 spiro atoms. The number of nitrogens with zero attached hydrogens (tertiary/aromatic N) is 1. The third-order valence-electron chi connectivity index (χ3n) is 2.51. The van der Waals surface area contributed by atoms with Crippen LogP contribution in [0.5, 0.6) is 0 Å². The van der Waals surface area contributed by atoms with Gasteiger partial charge >= 0.3 is 6.18 Å². The fraction of sp³-hybridized carbons (Fsp3) is 0.250. The highest BCUT2D eigenvalue weighted by molar-refractivity contribution is 5.71. The second-order valence-corrected chi connectivity index (χ2v) is 3.79. The molecule has 0 aliphatic carbocycles. The predicted molar refractivity (Wildman–Crippen MR) is 60.7 cm³/mol. The van der Waals surface area contributed by atoms with Crippen molar-refractivity contribution in [3.8, 4) is 11.5 Å². The lowest BCUT2D eigenvalue weighted by Gasteiger charge is -2.08. The number of nitrogens with two attached hydrogens (primary N) is 1. The normalized spacial score (nSPS) is 11.8. The van der Waals surface area contributed by atoms with Gasteiger partial charge in [0.2, 0.25) is 5.89 Å². The number of hydrogen-bond acceptors (Lipinski definition) is 3. The van der Waals surface area contributed by atoms with Crippen LogP contribution >= 0.6 is 0 Å². The SMILES string of the molecule is CCc1cnc(-c2ccc(C(F)(F)F)cc2N)o1. The molecule has 0 saturated carbocycles. The summed E-state index contributed by atoms with van der Waals surface area (Å²) in [6.07, 6.45) is -2.21. The Morgan fingerprint density at radius 2 is 2.06 bits per heavy atom. The number of anilines is 1. The highest BCUT2D eigenvalue weighted by Crippen LogP contribution is 2.34. The van der Waals surface area contributed by atoms with Crippen LogP contribution in [0.2, 0.25) is 0 Å². The summed E-state index contributed by atoms with van der Waals surface area (Å²) in [6, 6.07) is 3.11. The van der Waals surface area contributed by atoms with Crippen LogP contribution in [0.15, 0.2) is 28.8 Å². The minimum atomic E-state index is -4.40. The summed E-state index contributed by atoms with van der Waals surface area (Å²) < 4.78 is 42.8. The van der Waals surface area contributed by atoms with Gasteiger partial charge in [-0.25, -0.2) is 4.98 Å². The number of benzene rings is 1. The summed E-state index contributed by atoms with van der Waals surface area (Å²) in [6.45, 7) is 1.89. The smallest absolute Gasteiger partial charge is 0.416 e. The third-order valence-corrected chi connectivity index (χ3v) is 2.51. The van der Waals surface area contributed by atoms with Gasteiger partial charge in [0.15, 0.2) is 0 Å². The average Bonchev–Trinajstić information content (AvgIpc) is 2.76. The molecule has 1 aromatic heterocycles. The molecule has 0 aliphatic heterocycles. The van der Waals surface area contributed by atoms with Crippen molar-refractivity contribution in [3.63, 3.8) is 0 Å². The van der Waals surface area contributed by atoms with Gasteiger partial charge in [-0.05, 0) is 18.2 Å². The van der Waals surface area contributed by atoms with Crippen molar-refractivity contribution < 1.29 is 17.6 Å². The number of rotatable bonds is 2. The van der Waals surface area contributed by atoms with Gasteiger partial charge in [-0.15, -0.1) is 0 Å². The zero-order valence-electron chi connectivity index (χ0n) is 9.58. The molecule has 18 heavy (non-hydrogen) atoms. The molecule has 2 rings (SSSR count). The van der Waals surface area contributed by atoms with E-state index in [0.717, 1.165) is 12.1 Å². The van der Waals surface area contributed by atoms with Gasteiger partial charge in [-0.2, -0.15) is 13.2 Å². The molecule has 1 aromatic carbocycles. The molecule has 0 amide bonds. The standard InChI is InChI=1S/C12H11F3N2O/c1-2-8-6-17-11(18-8)9-4-3-7(5-10(9)16)12(13,14)15/h3-6H,2,16H2,1H3. The van der Waals surface area contributed by atoms with Gasteiger partial charge in [-0.1, -0.05) is 6.92 Å². The maximum Gasteiger partial charge on any atom is 0.416 e. The van der Waals surface area contributed by atoms with Gasteiger partial charge in [0.05, 0.1) is 17.3 Å². The van der Waals surface area contributed by atoms with E-state index in [-0.39, 0.29) is 11.6 Å². The van der Waals surface area contributed by atoms with E-state index in [4.69, 9.17) is 10.2 Å². The van der Waals surface area contributed by atoms with Gasteiger partial charge in [-0.3, -0.25) is 0 Å². The molecule has 1 heterocycles. The van der Waals surface area contributed by atoms with E-state index in [1.165, 1.54) is 12.3 Å². The van der Waals surface area contributed by atoms with Crippen LogP contribution < -0.4 is 5.73 Å². The Balaban J connectivity index is 2.41. The summed E-state index contributed by atoms with van der Waals surface area (Å²) in [5, 5.41) is 0. The summed E-state index contributed by atoms with van der Waals surface area (Å²) in [7, 11) is 0. The minimum Gasteiger partial charge on any atom is -0.441 e. The highest BCUT2D eigenvalue weighted by Gasteiger charge is 2.31. The van der Waals surface area contributed by atoms with Crippen LogP contribution in [0.4, 0.5) is 18.9 Å². The molecule has 0 bridgehead atoms. The molecule has 6 heteroatoms. The molecule has 0 aliphatic rings. The van der Waals surface area contributed by atoms with Crippen molar-refractivity contribution in [1.82, 2.24) is 4.98 Å². The number of oxazole rings is 1. The van der Waals surface area contributed by atoms with Crippen molar-refractivity contribution in [2.75, 3.05) is 5.73 Å². The van der Waals surface area contributed by atoms with E-state index >= 15 is 0 Å². The van der Waals surface area contributed by atoms with Crippen molar-refractivity contribution in [1.29, 1.82) is 0 Å². The van der Waals surface area contributed by atoms with Crippen molar-refractivity contribution >= 4 is 5.69 Å². The van der Waals surface area contributed by atoms with Crippen LogP contribution in [0.1, 0.15) is 18.2 Å². The first-order valence-corrected chi connectivity index (χ1v) is 5.33. The van der Waals surface area contributed by atoms with Crippen LogP contribution in [0.25, 0.3) is 11.5 Å². The Morgan fingerprint density at radius 3 is 2.56 bits per heavy atom. The van der Waals surface area contributed by atoms with Crippen LogP contribution in [-0.4, -0.2) is 4.98 Å². The molecule has 0 atom stereocenters. The van der Waals surface area contributed by atoms with Crippen LogP contribution in [0.3, 0.4) is 0 Å². The maximum atomic E-state index is 12.5. The predicted octanol–water partition coefficient (Wildman–Crippen LogP) is 3.51. The number of hydrogen-bond donors (Lipinski definition) is 1. The fourth-order valence-corrected chi connectivity index (χ4v) is 1.53. The average molecular weight is 256 g/mol. The molecule has 96 valence electrons. The van der Waals surface area contributed by atoms with E-state index in [1.807, 2.05) is 6.92 Å². The Bertz CT molecular complexity index is 561. The molecular weight excluding hydrogens is 245 g/mol. The molecule has 2 N–H and O–H groups in total. The number of nitrogen functional groups attached to an aromatic ring is 1. The second kappa shape index (κ2) is 4.36. The topological polar surface area (TPSA) is 52.0 Å². The largest absolute Gasteiger partial charge is 0.441 e. The Morgan fingerprint density at radius 1 is 1.33 bits per heavy atom. The Labute approximate surface area is 101 Å². The maximum absolute atomic E-state index is 12.5. The zero-order chi connectivity index (χ0) is 13.3. The van der Waals surface area contributed by atoms with Crippen LogP contribution in [-0.2, 0) is 12.6 Å². The van der Waals surface area contributed by atoms with E-state index in [0.29, 0.717) is 17.7 Å². The summed E-state index contributed by atoms with van der Waals surface area (Å²) >= 11 is 0. The Kier molecular flexibility index (Phi) is 3.02. The first-order valence-electron chi connectivity index (χ1n) is 5.33. The number of aryl methyl sites for hydroxylation is 1. The lowest BCUT2D eigenvalue weighted by atomic mass is 10.1. The van der Waals surface area contributed by atoms with Crippen molar-refractivity contribution in [3.05, 3.63) is 35.7 Å². The van der Waals surface area contributed by atoms with Gasteiger partial charge < -0.3 is 10.2 Å². The number of aromatic nitrogens is 1. The first-order chi connectivity index (χ1) is 8.41. The molecule has 3 nitrogen and oxygen atoms in total. The molecule has 0 fully saturated rings. The van der Waals surface area contributed by atoms with Gasteiger partial charge in [0.1, 0.15) is 5.76 Å². The van der Waals surface area contributed by atoms with E-state index in [9.17, 15) is 13.2 Å². The summed E-state index contributed by atoms with van der Waals surface area (Å²) in [5.41, 5.74) is 5.17. The first kappa shape index (κ1) is 12.5. The van der Waals surface area contributed by atoms with E-state index < -0.39 is 11.7 Å². The third kappa shape index (κ3) is 2.32. The molecule has 0 radical (unpaired) electrons. The lowest BCUT2D eigenvalue weighted by Crippen LogP contribution is -2.06. The number of halogens is 3. The quantitative estimate of drug-likeness (QED) is 0.836. The monoisotopic (exact) mass is 256 g/mol. The van der Waals surface area contributed by atoms with Crippen molar-refractivity contribution in [2.24, 2.45) is 0 Å². The summed E-state index contributed by atoms with van der Waals surface area (Å²) in [4.78, 5) is 3.98. The molecule has 0 unspecified atom stereocenters. The fourth-order valence-electron chi connectivity index (χ4n) is 1.53. The van der Waals surface area contributed by atoms with Gasteiger partial charge in [0, 0.05) is 12.1 Å². The van der Waals surface area contributed by atoms with E-state index in [1.54, 1.807) is 0 Å². The van der Waals surface area contributed by atoms with Crippen molar-refractivity contribution in [2.45, 2.75) is 19.5 Å². The summed E-state index contributed by atoms with van der Waals surface area (Å²) in [5.74, 6) is 0.891. The number of alkyl halides is 3. The van der Waals surface area contributed by atoms with Gasteiger partial charge in [0.25, 0.3) is 0 Å². The second-order valence-electron chi connectivity index (χ2n) is 3.79. The lowest BCUT2D eigenvalue weighted by molar-refractivity contribution is -0.137. The minimum absolute atomic E-state index is 0.00525. The molecule has 0 saturated heterocycles. The highest BCUT2D eigenvalue weighted by atomic mass is 19.4. The zero-order valence-corrected chi connectivity index (χ0v) is 9.58.